The van der Waals surface area contributed by atoms with Crippen molar-refractivity contribution in [1.82, 2.24) is 10.2 Å². The Bertz CT molecular complexity index is 2150. The van der Waals surface area contributed by atoms with E-state index in [2.05, 4.69) is 46.9 Å². The van der Waals surface area contributed by atoms with Crippen LogP contribution in [0.1, 0.15) is 420 Å². The molecular formula is C83H155N2O17P. The Hall–Kier alpha value is -3.19. The normalized spacial score (nSPS) is 18.6. The van der Waals surface area contributed by atoms with Crippen molar-refractivity contribution in [3.63, 3.8) is 0 Å². The molecule has 2 aliphatic heterocycles. The van der Waals surface area contributed by atoms with Crippen molar-refractivity contribution in [2.24, 2.45) is 0 Å². The highest BCUT2D eigenvalue weighted by atomic mass is 31.2. The number of nitrogens with zero attached hydrogens (tertiary/aromatic N) is 1. The Morgan fingerprint density at radius 3 is 1.12 bits per heavy atom. The first-order chi connectivity index (χ1) is 50.0. The molecule has 0 aromatic heterocycles. The van der Waals surface area contributed by atoms with Crippen LogP contribution in [0.2, 0.25) is 0 Å². The fourth-order valence-corrected chi connectivity index (χ4v) is 15.1. The van der Waals surface area contributed by atoms with Gasteiger partial charge >= 0.3 is 31.7 Å². The molecule has 20 heteroatoms. The van der Waals surface area contributed by atoms with Gasteiger partial charge in [-0.15, -0.1) is 0 Å². The van der Waals surface area contributed by atoms with Crippen LogP contribution in [0.5, 0.6) is 0 Å². The highest BCUT2D eigenvalue weighted by Crippen LogP contribution is 2.43. The summed E-state index contributed by atoms with van der Waals surface area (Å²) in [6.45, 7) is 12.5. The zero-order chi connectivity index (χ0) is 75.2. The Morgan fingerprint density at radius 2 is 0.767 bits per heavy atom. The average Bonchev–Trinajstić information content (AvgIpc) is 0.936. The molecule has 0 radical (unpaired) electrons. The van der Waals surface area contributed by atoms with Crippen LogP contribution in [0.4, 0.5) is 0 Å². The standard InChI is InChI=1S/C83H155N2O17P/c1-7-13-19-25-31-34-40-43-49-57-70(97-76(89)60-52-46-37-28-22-16-10-4)64-74(87)84-80-82(101-79(92)66-72(59-51-45-42-36-33-27-21-15-9-3)99-78(91)62-54-48-39-30-24-18-12-6)81(102-103(93,94)95)73(67-86)100-83(80)96-68-69-56-55-63-85(69)75(88)65-71(58-50-44-41-35-32-26-20-14-8-2)98-77(90)61-53-47-38-29-23-17-11-5/h69-73,80-83,86H,7-68H2,1-6H3,(H,84,87)(H2,93,94,95)/t69-,70+,71+,72+,73?,80?,81+,82?,83+/m0/s1. The van der Waals surface area contributed by atoms with Gasteiger partial charge in [-0.25, -0.2) is 4.57 Å². The lowest BCUT2D eigenvalue weighted by molar-refractivity contribution is -0.273. The summed E-state index contributed by atoms with van der Waals surface area (Å²) in [4.78, 5) is 108. The van der Waals surface area contributed by atoms with E-state index in [0.29, 0.717) is 64.3 Å². The first-order valence-electron chi connectivity index (χ1n) is 43.0. The summed E-state index contributed by atoms with van der Waals surface area (Å²) >= 11 is 0. The van der Waals surface area contributed by atoms with E-state index in [1.807, 2.05) is 0 Å². The van der Waals surface area contributed by atoms with Gasteiger partial charge < -0.3 is 53.5 Å². The lowest BCUT2D eigenvalue weighted by Gasteiger charge is -2.45. The summed E-state index contributed by atoms with van der Waals surface area (Å²) in [5.41, 5.74) is 0. The molecule has 0 saturated carbocycles. The Labute approximate surface area is 627 Å². The van der Waals surface area contributed by atoms with Gasteiger partial charge in [-0.2, -0.15) is 0 Å². The number of ether oxygens (including phenoxy) is 6. The van der Waals surface area contributed by atoms with Gasteiger partial charge in [0.05, 0.1) is 38.5 Å². The number of aliphatic hydroxyl groups is 1. The van der Waals surface area contributed by atoms with Gasteiger partial charge in [0.1, 0.15) is 36.6 Å². The molecule has 0 bridgehead atoms. The van der Waals surface area contributed by atoms with E-state index in [1.165, 1.54) is 116 Å². The van der Waals surface area contributed by atoms with E-state index < -0.39 is 99.7 Å². The third-order valence-electron chi connectivity index (χ3n) is 20.8. The van der Waals surface area contributed by atoms with Crippen molar-refractivity contribution in [3.8, 4) is 0 Å². The number of aliphatic hydroxyl groups excluding tert-OH is 1. The molecule has 103 heavy (non-hydrogen) atoms. The summed E-state index contributed by atoms with van der Waals surface area (Å²) in [7, 11) is -5.47. The number of hydrogen-bond acceptors (Lipinski definition) is 15. The second-order valence-corrected chi connectivity index (χ2v) is 31.7. The predicted molar refractivity (Wildman–Crippen MR) is 412 cm³/mol. The number of carbonyl (C=O) groups is 6. The first-order valence-corrected chi connectivity index (χ1v) is 44.5. The molecule has 2 fully saturated rings. The summed E-state index contributed by atoms with van der Waals surface area (Å²) in [5, 5.41) is 14.0. The minimum atomic E-state index is -5.47. The number of likely N-dealkylation sites (tertiary alicyclic amines) is 1. The Balaban J connectivity index is 2.62. The van der Waals surface area contributed by atoms with Crippen LogP contribution < -0.4 is 5.32 Å². The summed E-state index contributed by atoms with van der Waals surface area (Å²) in [6, 6.07) is -2.10. The Kier molecular flexibility index (Phi) is 60.3. The van der Waals surface area contributed by atoms with E-state index >= 15 is 0 Å². The maximum absolute atomic E-state index is 14.9. The van der Waals surface area contributed by atoms with Gasteiger partial charge in [0.15, 0.2) is 12.4 Å². The van der Waals surface area contributed by atoms with Crippen LogP contribution in [0.25, 0.3) is 0 Å². The number of unbranched alkanes of at least 4 members (excludes halogenated alkanes) is 42. The van der Waals surface area contributed by atoms with Crippen molar-refractivity contribution in [2.45, 2.75) is 475 Å². The molecule has 2 aliphatic rings. The molecule has 19 nitrogen and oxygen atoms in total. The van der Waals surface area contributed by atoms with Crippen molar-refractivity contribution in [2.75, 3.05) is 19.8 Å². The summed E-state index contributed by atoms with van der Waals surface area (Å²) in [5.74, 6) is -2.94. The molecule has 0 aliphatic carbocycles. The molecule has 604 valence electrons. The minimum Gasteiger partial charge on any atom is -0.462 e. The molecule has 2 rings (SSSR count). The fourth-order valence-electron chi connectivity index (χ4n) is 14.5. The number of hydrogen-bond donors (Lipinski definition) is 4. The van der Waals surface area contributed by atoms with Crippen LogP contribution in [-0.2, 0) is 66.3 Å². The zero-order valence-electron chi connectivity index (χ0n) is 66.5. The van der Waals surface area contributed by atoms with Crippen LogP contribution in [0, 0.1) is 0 Å². The van der Waals surface area contributed by atoms with Crippen LogP contribution in [0.15, 0.2) is 0 Å². The molecule has 9 atom stereocenters. The topological polar surface area (TPSA) is 260 Å². The van der Waals surface area contributed by atoms with E-state index in [-0.39, 0.29) is 50.6 Å². The molecule has 2 saturated heterocycles. The SMILES string of the molecule is CCCCCCCCCCC[C@H](CC(=O)NC1C(OC(=O)C[C@@H](CCCCCCCCCCC)OC(=O)CCCCCCCCC)[C@H](OP(=O)(O)O)C(CO)O[C@H]1OC[C@@H]1CCCN1C(=O)C[C@@H](CCCCCCCCCCC)OC(=O)CCCCCCCCC)OC(=O)CCCCCCCCC. The molecule has 0 spiro atoms. The molecule has 2 heterocycles. The number of rotatable bonds is 71. The van der Waals surface area contributed by atoms with E-state index in [1.54, 1.807) is 4.90 Å². The fraction of sp³-hybridized carbons (Fsp3) is 0.928. The predicted octanol–water partition coefficient (Wildman–Crippen LogP) is 20.7. The van der Waals surface area contributed by atoms with Gasteiger partial charge in [-0.1, -0.05) is 311 Å². The van der Waals surface area contributed by atoms with E-state index in [0.717, 1.165) is 167 Å². The molecule has 3 unspecified atom stereocenters. The first kappa shape index (κ1) is 95.9. The van der Waals surface area contributed by atoms with Crippen LogP contribution in [-0.4, -0.2) is 130 Å². The maximum Gasteiger partial charge on any atom is 0.470 e. The Morgan fingerprint density at radius 1 is 0.437 bits per heavy atom. The van der Waals surface area contributed by atoms with Gasteiger partial charge in [0.25, 0.3) is 0 Å². The quantitative estimate of drug-likeness (QED) is 0.0191. The number of phosphoric acid groups is 1. The van der Waals surface area contributed by atoms with Gasteiger partial charge in [0, 0.05) is 25.8 Å². The third-order valence-corrected chi connectivity index (χ3v) is 21.3. The minimum absolute atomic E-state index is 0.0146. The largest absolute Gasteiger partial charge is 0.470 e. The molecular weight excluding hydrogens is 1330 g/mol. The number of nitrogens with one attached hydrogen (secondary N) is 1. The molecule has 2 amide bonds. The van der Waals surface area contributed by atoms with Crippen molar-refractivity contribution in [3.05, 3.63) is 0 Å². The average molecular weight is 1480 g/mol. The van der Waals surface area contributed by atoms with Gasteiger partial charge in [-0.3, -0.25) is 33.3 Å². The second kappa shape index (κ2) is 64.8. The van der Waals surface area contributed by atoms with Gasteiger partial charge in [0.2, 0.25) is 11.8 Å². The summed E-state index contributed by atoms with van der Waals surface area (Å²) < 4.78 is 56.2. The van der Waals surface area contributed by atoms with Crippen molar-refractivity contribution < 1.29 is 81.2 Å². The number of amides is 2. The van der Waals surface area contributed by atoms with Gasteiger partial charge in [-0.05, 0) is 70.6 Å². The zero-order valence-corrected chi connectivity index (χ0v) is 67.4. The van der Waals surface area contributed by atoms with E-state index in [9.17, 15) is 48.2 Å². The van der Waals surface area contributed by atoms with Crippen molar-refractivity contribution in [1.29, 1.82) is 0 Å². The third kappa shape index (κ3) is 51.0. The highest BCUT2D eigenvalue weighted by molar-refractivity contribution is 7.46. The molecule has 0 aromatic rings. The lowest BCUT2D eigenvalue weighted by atomic mass is 9.95. The number of carbonyl (C=O) groups excluding carboxylic acids is 6. The second-order valence-electron chi connectivity index (χ2n) is 30.5. The monoisotopic (exact) mass is 1480 g/mol. The molecule has 0 aromatic carbocycles. The lowest BCUT2D eigenvalue weighted by Crippen LogP contribution is -2.66. The number of phosphoric ester groups is 1. The van der Waals surface area contributed by atoms with Crippen molar-refractivity contribution >= 4 is 43.5 Å². The van der Waals surface area contributed by atoms with Crippen LogP contribution >= 0.6 is 7.82 Å². The van der Waals surface area contributed by atoms with Crippen LogP contribution in [0.3, 0.4) is 0 Å². The van der Waals surface area contributed by atoms with E-state index in [4.69, 9.17) is 32.9 Å². The highest BCUT2D eigenvalue weighted by Gasteiger charge is 2.53. The summed E-state index contributed by atoms with van der Waals surface area (Å²) in [6.07, 6.45) is 43.7. The molecule has 4 N–H and O–H groups in total. The number of esters is 4. The maximum atomic E-state index is 14.9. The smallest absolute Gasteiger partial charge is 0.462 e.